The van der Waals surface area contributed by atoms with Crippen molar-refractivity contribution in [2.24, 2.45) is 0 Å². The Bertz CT molecular complexity index is 1430. The molecule has 0 saturated carbocycles. The summed E-state index contributed by atoms with van der Waals surface area (Å²) < 4.78 is 15.6. The molecule has 0 atom stereocenters. The summed E-state index contributed by atoms with van der Waals surface area (Å²) in [6.07, 6.45) is 3.16. The fourth-order valence-electron chi connectivity index (χ4n) is 3.45. The molecule has 2 aromatic carbocycles. The minimum Gasteiger partial charge on any atom is -0.294 e. The van der Waals surface area contributed by atoms with E-state index >= 15 is 0 Å². The highest BCUT2D eigenvalue weighted by molar-refractivity contribution is 7.17. The van der Waals surface area contributed by atoms with E-state index in [-0.39, 0.29) is 17.9 Å². The zero-order chi connectivity index (χ0) is 20.0. The van der Waals surface area contributed by atoms with Gasteiger partial charge in [-0.15, -0.1) is 11.3 Å². The van der Waals surface area contributed by atoms with Crippen molar-refractivity contribution in [3.05, 3.63) is 93.2 Å². The SMILES string of the molecule is O=c1c2c(-c3ccc(Cl)cc3)csc2ncn1Cc1cc(F)cc2cccnc12. The van der Waals surface area contributed by atoms with Crippen molar-refractivity contribution in [3.8, 4) is 11.1 Å². The first-order chi connectivity index (χ1) is 14.1. The number of aromatic nitrogens is 3. The number of hydrogen-bond donors (Lipinski definition) is 0. The third-order valence-electron chi connectivity index (χ3n) is 4.81. The van der Waals surface area contributed by atoms with E-state index < -0.39 is 0 Å². The molecule has 0 bridgehead atoms. The Morgan fingerprint density at radius 1 is 1.10 bits per heavy atom. The van der Waals surface area contributed by atoms with Crippen LogP contribution >= 0.6 is 22.9 Å². The van der Waals surface area contributed by atoms with Crippen molar-refractivity contribution >= 4 is 44.1 Å². The van der Waals surface area contributed by atoms with Gasteiger partial charge < -0.3 is 0 Å². The van der Waals surface area contributed by atoms with E-state index in [4.69, 9.17) is 11.6 Å². The van der Waals surface area contributed by atoms with E-state index in [0.29, 0.717) is 31.7 Å². The summed E-state index contributed by atoms with van der Waals surface area (Å²) in [7, 11) is 0. The topological polar surface area (TPSA) is 47.8 Å². The molecule has 3 aromatic heterocycles. The second kappa shape index (κ2) is 7.06. The smallest absolute Gasteiger partial charge is 0.263 e. The van der Waals surface area contributed by atoms with E-state index in [1.54, 1.807) is 30.5 Å². The summed E-state index contributed by atoms with van der Waals surface area (Å²) in [6.45, 7) is 0.183. The first-order valence-corrected chi connectivity index (χ1v) is 10.1. The van der Waals surface area contributed by atoms with Crippen molar-refractivity contribution in [1.29, 1.82) is 0 Å². The van der Waals surface area contributed by atoms with Crippen LogP contribution in [0.25, 0.3) is 32.2 Å². The lowest BCUT2D eigenvalue weighted by Crippen LogP contribution is -2.21. The minimum absolute atomic E-state index is 0.172. The second-order valence-electron chi connectivity index (χ2n) is 6.65. The van der Waals surface area contributed by atoms with Gasteiger partial charge in [-0.3, -0.25) is 14.3 Å². The maximum absolute atomic E-state index is 14.1. The molecule has 0 aliphatic rings. The van der Waals surface area contributed by atoms with E-state index in [9.17, 15) is 9.18 Å². The fourth-order valence-corrected chi connectivity index (χ4v) is 4.49. The molecule has 29 heavy (non-hydrogen) atoms. The Morgan fingerprint density at radius 3 is 2.76 bits per heavy atom. The number of pyridine rings is 1. The maximum atomic E-state index is 14.1. The number of rotatable bonds is 3. The molecule has 3 heterocycles. The Hall–Kier alpha value is -3.09. The number of hydrogen-bond acceptors (Lipinski definition) is 4. The molecular weight excluding hydrogens is 409 g/mol. The first-order valence-electron chi connectivity index (χ1n) is 8.86. The van der Waals surface area contributed by atoms with Crippen molar-refractivity contribution in [1.82, 2.24) is 14.5 Å². The molecule has 5 rings (SSSR count). The molecule has 0 N–H and O–H groups in total. The zero-order valence-corrected chi connectivity index (χ0v) is 16.5. The molecule has 7 heteroatoms. The number of nitrogens with zero attached hydrogens (tertiary/aromatic N) is 3. The second-order valence-corrected chi connectivity index (χ2v) is 7.95. The van der Waals surface area contributed by atoms with E-state index in [0.717, 1.165) is 11.1 Å². The highest BCUT2D eigenvalue weighted by atomic mass is 35.5. The van der Waals surface area contributed by atoms with E-state index in [1.165, 1.54) is 34.4 Å². The van der Waals surface area contributed by atoms with Crippen LogP contribution in [0.4, 0.5) is 4.39 Å². The van der Waals surface area contributed by atoms with E-state index in [1.807, 2.05) is 17.5 Å². The normalized spacial score (nSPS) is 11.4. The van der Waals surface area contributed by atoms with Crippen LogP contribution in [0.5, 0.6) is 0 Å². The standard InChI is InChI=1S/C22H13ClFN3OS/c23-16-5-3-13(4-6-16)18-11-29-21-19(18)22(28)27(12-26-21)10-15-9-17(24)8-14-2-1-7-25-20(14)15/h1-9,11-12H,10H2. The predicted octanol–water partition coefficient (Wildman–Crippen LogP) is 5.51. The number of fused-ring (bicyclic) bond motifs is 2. The summed E-state index contributed by atoms with van der Waals surface area (Å²) in [4.78, 5) is 22.7. The number of benzene rings is 2. The molecule has 0 aliphatic heterocycles. The van der Waals surface area contributed by atoms with Gasteiger partial charge in [0.25, 0.3) is 5.56 Å². The molecule has 0 amide bonds. The van der Waals surface area contributed by atoms with Gasteiger partial charge in [-0.05, 0) is 35.9 Å². The Labute approximate surface area is 173 Å². The van der Waals surface area contributed by atoms with Gasteiger partial charge in [-0.1, -0.05) is 29.8 Å². The summed E-state index contributed by atoms with van der Waals surface area (Å²) in [5.41, 5.74) is 2.84. The fraction of sp³-hybridized carbons (Fsp3) is 0.0455. The summed E-state index contributed by atoms with van der Waals surface area (Å²) in [6, 6.07) is 13.8. The molecule has 0 saturated heterocycles. The van der Waals surface area contributed by atoms with Crippen LogP contribution in [-0.2, 0) is 6.54 Å². The average Bonchev–Trinajstić information content (AvgIpc) is 3.15. The van der Waals surface area contributed by atoms with Crippen LogP contribution in [0.2, 0.25) is 5.02 Å². The van der Waals surface area contributed by atoms with Gasteiger partial charge in [0.15, 0.2) is 0 Å². The molecule has 142 valence electrons. The van der Waals surface area contributed by atoms with Crippen molar-refractivity contribution < 1.29 is 4.39 Å². The van der Waals surface area contributed by atoms with Crippen LogP contribution < -0.4 is 5.56 Å². The Kier molecular flexibility index (Phi) is 4.38. The number of halogens is 2. The van der Waals surface area contributed by atoms with Crippen molar-refractivity contribution in [2.75, 3.05) is 0 Å². The summed E-state index contributed by atoms with van der Waals surface area (Å²) in [5.74, 6) is -0.361. The van der Waals surface area contributed by atoms with Gasteiger partial charge in [0.05, 0.1) is 23.8 Å². The Morgan fingerprint density at radius 2 is 1.93 bits per heavy atom. The molecule has 0 aliphatic carbocycles. The molecule has 0 unspecified atom stereocenters. The third kappa shape index (κ3) is 3.20. The zero-order valence-electron chi connectivity index (χ0n) is 15.0. The van der Waals surface area contributed by atoms with Gasteiger partial charge in [0.2, 0.25) is 0 Å². The minimum atomic E-state index is -0.361. The van der Waals surface area contributed by atoms with Crippen LogP contribution in [-0.4, -0.2) is 14.5 Å². The first kappa shape index (κ1) is 18.0. The van der Waals surface area contributed by atoms with Crippen LogP contribution in [0.15, 0.2) is 71.2 Å². The molecule has 0 spiro atoms. The third-order valence-corrected chi connectivity index (χ3v) is 5.94. The highest BCUT2D eigenvalue weighted by Gasteiger charge is 2.15. The van der Waals surface area contributed by atoms with Crippen LogP contribution in [0, 0.1) is 5.82 Å². The van der Waals surface area contributed by atoms with Crippen molar-refractivity contribution in [2.45, 2.75) is 6.54 Å². The summed E-state index contributed by atoms with van der Waals surface area (Å²) >= 11 is 7.40. The van der Waals surface area contributed by atoms with Crippen LogP contribution in [0.1, 0.15) is 5.56 Å². The molecule has 0 radical (unpaired) electrons. The lowest BCUT2D eigenvalue weighted by atomic mass is 10.1. The monoisotopic (exact) mass is 421 g/mol. The predicted molar refractivity (Wildman–Crippen MR) is 115 cm³/mol. The molecule has 0 fully saturated rings. The van der Waals surface area contributed by atoms with Gasteiger partial charge in [-0.2, -0.15) is 0 Å². The number of thiophene rings is 1. The largest absolute Gasteiger partial charge is 0.294 e. The van der Waals surface area contributed by atoms with Crippen LogP contribution in [0.3, 0.4) is 0 Å². The van der Waals surface area contributed by atoms with Gasteiger partial charge in [0.1, 0.15) is 10.6 Å². The Balaban J connectivity index is 1.66. The molecular formula is C22H13ClFN3OS. The van der Waals surface area contributed by atoms with Gasteiger partial charge in [-0.25, -0.2) is 9.37 Å². The van der Waals surface area contributed by atoms with Gasteiger partial charge >= 0.3 is 0 Å². The average molecular weight is 422 g/mol. The van der Waals surface area contributed by atoms with Crippen molar-refractivity contribution in [3.63, 3.8) is 0 Å². The molecule has 5 aromatic rings. The van der Waals surface area contributed by atoms with Gasteiger partial charge in [0, 0.05) is 33.1 Å². The molecule has 4 nitrogen and oxygen atoms in total. The maximum Gasteiger partial charge on any atom is 0.263 e. The summed E-state index contributed by atoms with van der Waals surface area (Å²) in [5, 5.41) is 3.80. The lowest BCUT2D eigenvalue weighted by molar-refractivity contribution is 0.625. The van der Waals surface area contributed by atoms with E-state index in [2.05, 4.69) is 9.97 Å². The quantitative estimate of drug-likeness (QED) is 0.385. The lowest BCUT2D eigenvalue weighted by Gasteiger charge is -2.09. The highest BCUT2D eigenvalue weighted by Crippen LogP contribution is 2.31.